The number of halogens is 1. The quantitative estimate of drug-likeness (QED) is 0.0870. The van der Waals surface area contributed by atoms with Gasteiger partial charge in [-0.1, -0.05) is 12.1 Å². The molecule has 5 rings (SSSR count). The van der Waals surface area contributed by atoms with Crippen LogP contribution in [0.5, 0.6) is 0 Å². The van der Waals surface area contributed by atoms with Crippen LogP contribution in [0.15, 0.2) is 65.7 Å². The Balaban J connectivity index is 1.49. The number of guanidine groups is 1. The van der Waals surface area contributed by atoms with Crippen LogP contribution in [0.4, 0.5) is 15.8 Å². The first kappa shape index (κ1) is 30.0. The number of benzene rings is 3. The molecule has 0 spiro atoms. The lowest BCUT2D eigenvalue weighted by atomic mass is 10.1. The molecule has 13 heteroatoms. The van der Waals surface area contributed by atoms with Crippen LogP contribution in [-0.2, 0) is 16.1 Å². The normalized spacial score (nSPS) is 13.7. The molecule has 0 fully saturated rings. The number of aliphatic imine (C=N–C) groups is 1. The predicted octanol–water partition coefficient (Wildman–Crippen LogP) is 2.87. The van der Waals surface area contributed by atoms with Gasteiger partial charge in [0.25, 0.3) is 5.91 Å². The number of aromatic nitrogens is 2. The fraction of sp³-hybridized carbons (Fsp3) is 0.258. The highest BCUT2D eigenvalue weighted by Crippen LogP contribution is 2.39. The number of imidazole rings is 1. The number of hydrogen-bond acceptors (Lipinski definition) is 6. The molecule has 1 aliphatic heterocycles. The van der Waals surface area contributed by atoms with Crippen LogP contribution in [0, 0.1) is 5.82 Å². The second-order valence-corrected chi connectivity index (χ2v) is 10.4. The molecule has 4 aromatic rings. The fourth-order valence-corrected chi connectivity index (χ4v) is 5.10. The Bertz CT molecular complexity index is 1730. The maximum atomic E-state index is 13.6. The monoisotopic (exact) mass is 599 g/mol. The maximum Gasteiger partial charge on any atom is 0.251 e. The summed E-state index contributed by atoms with van der Waals surface area (Å²) in [5.74, 6) is -0.438. The average Bonchev–Trinajstić information content (AvgIpc) is 3.32. The number of amides is 3. The highest BCUT2D eigenvalue weighted by Gasteiger charge is 2.31. The molecule has 0 saturated carbocycles. The molecule has 1 aliphatic rings. The zero-order valence-electron chi connectivity index (χ0n) is 24.2. The van der Waals surface area contributed by atoms with Crippen molar-refractivity contribution < 1.29 is 18.8 Å². The molecule has 44 heavy (non-hydrogen) atoms. The van der Waals surface area contributed by atoms with Crippen LogP contribution in [0.25, 0.3) is 22.4 Å². The summed E-state index contributed by atoms with van der Waals surface area (Å²) in [5, 5.41) is 11.8. The van der Waals surface area contributed by atoms with Crippen molar-refractivity contribution >= 4 is 46.1 Å². The van der Waals surface area contributed by atoms with Crippen molar-refractivity contribution in [1.82, 2.24) is 20.2 Å². The van der Waals surface area contributed by atoms with Gasteiger partial charge in [-0.3, -0.25) is 19.4 Å². The Labute approximate surface area is 253 Å². The molecule has 228 valence electrons. The molecular weight excluding hydrogens is 565 g/mol. The van der Waals surface area contributed by atoms with E-state index in [2.05, 4.69) is 26.3 Å². The van der Waals surface area contributed by atoms with E-state index in [1.54, 1.807) is 30.3 Å². The van der Waals surface area contributed by atoms with Gasteiger partial charge in [0.15, 0.2) is 5.96 Å². The van der Waals surface area contributed by atoms with Crippen molar-refractivity contribution in [2.75, 3.05) is 30.3 Å². The summed E-state index contributed by atoms with van der Waals surface area (Å²) in [4.78, 5) is 46.6. The van der Waals surface area contributed by atoms with Gasteiger partial charge in [0.2, 0.25) is 11.8 Å². The van der Waals surface area contributed by atoms with E-state index in [4.69, 9.17) is 16.5 Å². The molecule has 0 aliphatic carbocycles. The molecule has 1 unspecified atom stereocenters. The lowest BCUT2D eigenvalue weighted by molar-refractivity contribution is -0.119. The lowest BCUT2D eigenvalue weighted by Gasteiger charge is -2.18. The van der Waals surface area contributed by atoms with Gasteiger partial charge in [0, 0.05) is 49.9 Å². The minimum atomic E-state index is -0.621. The topological polar surface area (TPSA) is 182 Å². The van der Waals surface area contributed by atoms with Gasteiger partial charge in [0.05, 0.1) is 16.7 Å². The standard InChI is InChI=1S/C31H34FN9O3/c1-18(42)35-13-14-36-29(43)20-6-11-26-25(15-20)39-28-23-16-22(38-17-19-4-7-21(32)8-5-19)9-10-24(23)40-30(44)27(41(26)28)3-2-12-37-31(33)34/h4-11,15-16,27,38H,2-3,12-14,17H2,1H3,(H,35,42)(H,36,43)(H,40,44)(H4,33,34,37). The average molecular weight is 600 g/mol. The minimum Gasteiger partial charge on any atom is -0.381 e. The molecule has 0 saturated heterocycles. The first-order valence-electron chi connectivity index (χ1n) is 14.2. The molecule has 3 aromatic carbocycles. The summed E-state index contributed by atoms with van der Waals surface area (Å²) in [7, 11) is 0. The number of fused-ring (bicyclic) bond motifs is 5. The molecule has 3 amide bonds. The van der Waals surface area contributed by atoms with E-state index in [9.17, 15) is 18.8 Å². The summed E-state index contributed by atoms with van der Waals surface area (Å²) in [6.45, 7) is 2.83. The fourth-order valence-electron chi connectivity index (χ4n) is 5.10. The summed E-state index contributed by atoms with van der Waals surface area (Å²) in [5.41, 5.74) is 15.6. The van der Waals surface area contributed by atoms with Crippen molar-refractivity contribution in [3.05, 3.63) is 77.6 Å². The highest BCUT2D eigenvalue weighted by atomic mass is 19.1. The van der Waals surface area contributed by atoms with Gasteiger partial charge >= 0.3 is 0 Å². The van der Waals surface area contributed by atoms with E-state index < -0.39 is 6.04 Å². The van der Waals surface area contributed by atoms with Gasteiger partial charge in [-0.05, 0) is 66.9 Å². The SMILES string of the molecule is CC(=O)NCCNC(=O)c1ccc2c(c1)nc1n2C(CCCN=C(N)N)C(=O)Nc2ccc(NCc3ccc(F)cc3)cc2-1. The summed E-state index contributed by atoms with van der Waals surface area (Å²) in [6.07, 6.45) is 0.987. The van der Waals surface area contributed by atoms with Crippen molar-refractivity contribution in [3.8, 4) is 11.4 Å². The Kier molecular flexibility index (Phi) is 9.03. The number of nitrogens with zero attached hydrogens (tertiary/aromatic N) is 3. The number of hydrogen-bond donors (Lipinski definition) is 6. The largest absolute Gasteiger partial charge is 0.381 e. The first-order chi connectivity index (χ1) is 21.2. The van der Waals surface area contributed by atoms with Crippen LogP contribution in [0.2, 0.25) is 0 Å². The third-order valence-corrected chi connectivity index (χ3v) is 7.21. The zero-order valence-corrected chi connectivity index (χ0v) is 24.2. The van der Waals surface area contributed by atoms with Crippen LogP contribution in [0.1, 0.15) is 41.7 Å². The van der Waals surface area contributed by atoms with E-state index in [1.807, 2.05) is 22.8 Å². The summed E-state index contributed by atoms with van der Waals surface area (Å²) < 4.78 is 15.2. The third-order valence-electron chi connectivity index (χ3n) is 7.21. The Morgan fingerprint density at radius 3 is 2.57 bits per heavy atom. The molecule has 0 bridgehead atoms. The van der Waals surface area contributed by atoms with Gasteiger partial charge in [0.1, 0.15) is 17.7 Å². The number of rotatable bonds is 11. The second-order valence-electron chi connectivity index (χ2n) is 10.4. The van der Waals surface area contributed by atoms with Crippen molar-refractivity contribution in [2.24, 2.45) is 16.5 Å². The molecule has 0 radical (unpaired) electrons. The summed E-state index contributed by atoms with van der Waals surface area (Å²) in [6, 6.07) is 16.4. The van der Waals surface area contributed by atoms with E-state index in [0.717, 1.165) is 11.3 Å². The van der Waals surface area contributed by atoms with Gasteiger partial charge in [-0.15, -0.1) is 0 Å². The maximum absolute atomic E-state index is 13.6. The minimum absolute atomic E-state index is 0.0139. The molecule has 8 N–H and O–H groups in total. The van der Waals surface area contributed by atoms with Crippen LogP contribution in [0.3, 0.4) is 0 Å². The van der Waals surface area contributed by atoms with Crippen LogP contribution < -0.4 is 32.7 Å². The van der Waals surface area contributed by atoms with E-state index in [-0.39, 0.29) is 36.0 Å². The van der Waals surface area contributed by atoms with Gasteiger partial charge < -0.3 is 37.3 Å². The highest BCUT2D eigenvalue weighted by molar-refractivity contribution is 6.03. The first-order valence-corrected chi connectivity index (χ1v) is 14.2. The van der Waals surface area contributed by atoms with E-state index in [0.29, 0.717) is 66.1 Å². The molecule has 1 aromatic heterocycles. The number of nitrogens with one attached hydrogen (secondary N) is 4. The lowest BCUT2D eigenvalue weighted by Crippen LogP contribution is -2.33. The second kappa shape index (κ2) is 13.2. The van der Waals surface area contributed by atoms with Crippen LogP contribution >= 0.6 is 0 Å². The third kappa shape index (κ3) is 6.94. The van der Waals surface area contributed by atoms with Crippen molar-refractivity contribution in [2.45, 2.75) is 32.4 Å². The van der Waals surface area contributed by atoms with Gasteiger partial charge in [-0.25, -0.2) is 9.37 Å². The molecule has 12 nitrogen and oxygen atoms in total. The van der Waals surface area contributed by atoms with Crippen LogP contribution in [-0.4, -0.2) is 52.9 Å². The predicted molar refractivity (Wildman–Crippen MR) is 167 cm³/mol. The van der Waals surface area contributed by atoms with E-state index >= 15 is 0 Å². The van der Waals surface area contributed by atoms with Crippen molar-refractivity contribution in [3.63, 3.8) is 0 Å². The molecule has 2 heterocycles. The number of nitrogens with two attached hydrogens (primary N) is 2. The number of carbonyl (C=O) groups excluding carboxylic acids is 3. The molecule has 1 atom stereocenters. The number of carbonyl (C=O) groups is 3. The smallest absolute Gasteiger partial charge is 0.251 e. The molecular formula is C31H34FN9O3. The van der Waals surface area contributed by atoms with Crippen molar-refractivity contribution in [1.29, 1.82) is 0 Å². The summed E-state index contributed by atoms with van der Waals surface area (Å²) >= 11 is 0. The van der Waals surface area contributed by atoms with E-state index in [1.165, 1.54) is 19.1 Å². The number of anilines is 2. The Morgan fingerprint density at radius 2 is 1.82 bits per heavy atom. The Hall–Kier alpha value is -5.46. The van der Waals surface area contributed by atoms with Gasteiger partial charge in [-0.2, -0.15) is 0 Å². The zero-order chi connectivity index (χ0) is 31.2. The Morgan fingerprint density at radius 1 is 1.05 bits per heavy atom.